The molecular weight excluding hydrogens is 401 g/mol. The van der Waals surface area contributed by atoms with Crippen molar-refractivity contribution in [1.82, 2.24) is 15.5 Å². The average molecular weight is 430 g/mol. The van der Waals surface area contributed by atoms with Gasteiger partial charge in [-0.1, -0.05) is 24.3 Å². The van der Waals surface area contributed by atoms with Crippen molar-refractivity contribution < 1.29 is 27.4 Å². The number of benzene rings is 1. The first-order chi connectivity index (χ1) is 13.9. The van der Waals surface area contributed by atoms with E-state index in [1.807, 2.05) is 26.8 Å². The zero-order chi connectivity index (χ0) is 22.4. The summed E-state index contributed by atoms with van der Waals surface area (Å²) in [6.07, 6.45) is -4.68. The summed E-state index contributed by atoms with van der Waals surface area (Å²) in [4.78, 5) is 17.7. The van der Waals surface area contributed by atoms with Crippen LogP contribution in [0.3, 0.4) is 0 Å². The SMILES string of the molecule is CN=C(NCc1cccc(COCC(F)(F)F)c1)NC1CN(C(=O)OC(C)(C)C)C1. The number of hydrogen-bond donors (Lipinski definition) is 2. The standard InChI is InChI=1S/C20H29F3N4O3/c1-19(2,3)30-18(28)27-10-16(11-27)26-17(24-4)25-9-14-6-5-7-15(8-14)12-29-13-20(21,22)23/h5-8,16H,9-13H2,1-4H3,(H2,24,25,26). The number of alkyl halides is 3. The van der Waals surface area contributed by atoms with Crippen LogP contribution in [-0.2, 0) is 22.6 Å². The Morgan fingerprint density at radius 2 is 1.90 bits per heavy atom. The van der Waals surface area contributed by atoms with E-state index in [9.17, 15) is 18.0 Å². The molecule has 1 aliphatic heterocycles. The maximum Gasteiger partial charge on any atom is 0.411 e. The van der Waals surface area contributed by atoms with Crippen LogP contribution in [0.2, 0.25) is 0 Å². The molecule has 1 fully saturated rings. The topological polar surface area (TPSA) is 75.2 Å². The van der Waals surface area contributed by atoms with Gasteiger partial charge >= 0.3 is 12.3 Å². The van der Waals surface area contributed by atoms with Gasteiger partial charge in [0.1, 0.15) is 12.2 Å². The molecule has 7 nitrogen and oxygen atoms in total. The number of nitrogens with zero attached hydrogens (tertiary/aromatic N) is 2. The Bertz CT molecular complexity index is 742. The molecule has 0 aromatic heterocycles. The molecular formula is C20H29F3N4O3. The van der Waals surface area contributed by atoms with Crippen molar-refractivity contribution in [3.05, 3.63) is 35.4 Å². The Morgan fingerprint density at radius 1 is 1.23 bits per heavy atom. The van der Waals surface area contributed by atoms with Crippen LogP contribution in [0.5, 0.6) is 0 Å². The maximum atomic E-state index is 12.2. The Labute approximate surface area is 174 Å². The number of carbonyl (C=O) groups is 1. The second-order valence-corrected chi connectivity index (χ2v) is 8.08. The monoisotopic (exact) mass is 430 g/mol. The number of carbonyl (C=O) groups excluding carboxylic acids is 1. The number of likely N-dealkylation sites (tertiary alicyclic amines) is 1. The molecule has 168 valence electrons. The molecule has 2 N–H and O–H groups in total. The van der Waals surface area contributed by atoms with E-state index in [0.29, 0.717) is 31.2 Å². The summed E-state index contributed by atoms with van der Waals surface area (Å²) in [5.41, 5.74) is 1.02. The van der Waals surface area contributed by atoms with E-state index in [0.717, 1.165) is 5.56 Å². The molecule has 0 spiro atoms. The van der Waals surface area contributed by atoms with Gasteiger partial charge in [-0.3, -0.25) is 4.99 Å². The zero-order valence-corrected chi connectivity index (χ0v) is 17.7. The number of hydrogen-bond acceptors (Lipinski definition) is 4. The van der Waals surface area contributed by atoms with Crippen molar-refractivity contribution in [2.45, 2.75) is 51.7 Å². The van der Waals surface area contributed by atoms with Crippen LogP contribution in [0.15, 0.2) is 29.3 Å². The van der Waals surface area contributed by atoms with Crippen LogP contribution >= 0.6 is 0 Å². The molecule has 0 radical (unpaired) electrons. The number of ether oxygens (including phenoxy) is 2. The number of nitrogens with one attached hydrogen (secondary N) is 2. The van der Waals surface area contributed by atoms with Gasteiger partial charge in [-0.15, -0.1) is 0 Å². The van der Waals surface area contributed by atoms with E-state index < -0.39 is 18.4 Å². The summed E-state index contributed by atoms with van der Waals surface area (Å²) in [7, 11) is 1.64. The van der Waals surface area contributed by atoms with Gasteiger partial charge in [-0.05, 0) is 31.9 Å². The van der Waals surface area contributed by atoms with Crippen molar-refractivity contribution in [2.75, 3.05) is 26.7 Å². The lowest BCUT2D eigenvalue weighted by molar-refractivity contribution is -0.176. The van der Waals surface area contributed by atoms with Gasteiger partial charge in [-0.25, -0.2) is 4.79 Å². The predicted octanol–water partition coefficient (Wildman–Crippen LogP) is 3.05. The van der Waals surface area contributed by atoms with E-state index >= 15 is 0 Å². The third-order valence-electron chi connectivity index (χ3n) is 4.08. The van der Waals surface area contributed by atoms with Gasteiger partial charge in [0.05, 0.1) is 12.6 Å². The first-order valence-corrected chi connectivity index (χ1v) is 9.62. The Hall–Kier alpha value is -2.49. The maximum absolute atomic E-state index is 12.2. The summed E-state index contributed by atoms with van der Waals surface area (Å²) in [5, 5.41) is 6.38. The van der Waals surface area contributed by atoms with Gasteiger partial charge in [0.15, 0.2) is 5.96 Å². The van der Waals surface area contributed by atoms with E-state index in [1.54, 1.807) is 30.1 Å². The minimum Gasteiger partial charge on any atom is -0.444 e. The van der Waals surface area contributed by atoms with Crippen LogP contribution in [0.4, 0.5) is 18.0 Å². The molecule has 1 aromatic rings. The average Bonchev–Trinajstić information content (AvgIpc) is 2.57. The molecule has 0 unspecified atom stereocenters. The molecule has 0 atom stereocenters. The number of amides is 1. The molecule has 0 saturated carbocycles. The third kappa shape index (κ3) is 8.48. The highest BCUT2D eigenvalue weighted by Crippen LogP contribution is 2.17. The molecule has 0 bridgehead atoms. The molecule has 0 aliphatic carbocycles. The second-order valence-electron chi connectivity index (χ2n) is 8.08. The number of halogens is 3. The number of rotatable bonds is 6. The van der Waals surface area contributed by atoms with Crippen molar-refractivity contribution in [3.63, 3.8) is 0 Å². The summed E-state index contributed by atoms with van der Waals surface area (Å²) < 4.78 is 46.6. The normalized spacial score (nSPS) is 15.6. The lowest BCUT2D eigenvalue weighted by Crippen LogP contribution is -2.63. The minimum atomic E-state index is -4.34. The van der Waals surface area contributed by atoms with Gasteiger partial charge < -0.3 is 25.0 Å². The molecule has 30 heavy (non-hydrogen) atoms. The van der Waals surface area contributed by atoms with Gasteiger partial charge in [0, 0.05) is 26.7 Å². The van der Waals surface area contributed by atoms with Gasteiger partial charge in [0.25, 0.3) is 0 Å². The fraction of sp³-hybridized carbons (Fsp3) is 0.600. The van der Waals surface area contributed by atoms with Gasteiger partial charge in [0.2, 0.25) is 0 Å². The fourth-order valence-electron chi connectivity index (χ4n) is 2.73. The Balaban J connectivity index is 1.75. The molecule has 1 aromatic carbocycles. The number of aliphatic imine (C=N–C) groups is 1. The Kier molecular flexibility index (Phi) is 7.94. The highest BCUT2D eigenvalue weighted by molar-refractivity contribution is 5.80. The summed E-state index contributed by atoms with van der Waals surface area (Å²) in [6.45, 7) is 5.56. The van der Waals surface area contributed by atoms with Crippen molar-refractivity contribution in [2.24, 2.45) is 4.99 Å². The van der Waals surface area contributed by atoms with Crippen LogP contribution in [0, 0.1) is 0 Å². The van der Waals surface area contributed by atoms with Crippen molar-refractivity contribution in [3.8, 4) is 0 Å². The molecule has 1 aliphatic rings. The predicted molar refractivity (Wildman–Crippen MR) is 107 cm³/mol. The summed E-state index contributed by atoms with van der Waals surface area (Å²) in [6, 6.07) is 7.19. The van der Waals surface area contributed by atoms with Crippen LogP contribution in [0.1, 0.15) is 31.9 Å². The van der Waals surface area contributed by atoms with E-state index in [2.05, 4.69) is 15.6 Å². The highest BCUT2D eigenvalue weighted by Gasteiger charge is 2.34. The minimum absolute atomic E-state index is 0.0609. The van der Waals surface area contributed by atoms with Crippen molar-refractivity contribution >= 4 is 12.1 Å². The molecule has 1 amide bonds. The third-order valence-corrected chi connectivity index (χ3v) is 4.08. The smallest absolute Gasteiger partial charge is 0.411 e. The molecule has 2 rings (SSSR count). The number of guanidine groups is 1. The lowest BCUT2D eigenvalue weighted by atomic mass is 10.1. The highest BCUT2D eigenvalue weighted by atomic mass is 19.4. The van der Waals surface area contributed by atoms with Crippen LogP contribution < -0.4 is 10.6 Å². The molecule has 10 heteroatoms. The quantitative estimate of drug-likeness (QED) is 0.536. The van der Waals surface area contributed by atoms with E-state index in [1.165, 1.54) is 0 Å². The first kappa shape index (κ1) is 23.8. The first-order valence-electron chi connectivity index (χ1n) is 9.62. The molecule has 1 heterocycles. The molecule has 1 saturated heterocycles. The second kappa shape index (κ2) is 10.0. The fourth-order valence-corrected chi connectivity index (χ4v) is 2.73. The zero-order valence-electron chi connectivity index (χ0n) is 17.7. The van der Waals surface area contributed by atoms with Crippen LogP contribution in [0.25, 0.3) is 0 Å². The van der Waals surface area contributed by atoms with Gasteiger partial charge in [-0.2, -0.15) is 13.2 Å². The summed E-state index contributed by atoms with van der Waals surface area (Å²) >= 11 is 0. The largest absolute Gasteiger partial charge is 0.444 e. The summed E-state index contributed by atoms with van der Waals surface area (Å²) in [5.74, 6) is 0.572. The van der Waals surface area contributed by atoms with Crippen LogP contribution in [-0.4, -0.2) is 61.5 Å². The Morgan fingerprint density at radius 3 is 2.50 bits per heavy atom. The van der Waals surface area contributed by atoms with E-state index in [4.69, 9.17) is 9.47 Å². The lowest BCUT2D eigenvalue weighted by Gasteiger charge is -2.40. The van der Waals surface area contributed by atoms with E-state index in [-0.39, 0.29) is 18.7 Å². The van der Waals surface area contributed by atoms with Crippen molar-refractivity contribution in [1.29, 1.82) is 0 Å².